The fraction of sp³-hybridized carbons (Fsp3) is 0.467. The number of nitro groups is 1. The number of benzene rings is 1. The maximum Gasteiger partial charge on any atom is 0.269 e. The van der Waals surface area contributed by atoms with Crippen LogP contribution in [0.25, 0.3) is 0 Å². The van der Waals surface area contributed by atoms with Crippen molar-refractivity contribution >= 4 is 17.8 Å². The van der Waals surface area contributed by atoms with Gasteiger partial charge in [0.2, 0.25) is 0 Å². The van der Waals surface area contributed by atoms with E-state index in [1.165, 1.54) is 37.6 Å². The zero-order chi connectivity index (χ0) is 15.8. The molecule has 0 atom stereocenters. The third-order valence-corrected chi connectivity index (χ3v) is 3.66. The lowest BCUT2D eigenvalue weighted by Crippen LogP contribution is -2.38. The normalized spacial score (nSPS) is 15.8. The number of nitrogens with one attached hydrogen (secondary N) is 2. The van der Waals surface area contributed by atoms with Crippen LogP contribution in [0.5, 0.6) is 0 Å². The molecule has 0 bridgehead atoms. The molecule has 1 saturated carbocycles. The van der Waals surface area contributed by atoms with Gasteiger partial charge in [-0.15, -0.1) is 0 Å². The predicted molar refractivity (Wildman–Crippen MR) is 83.7 cm³/mol. The molecule has 1 aliphatic rings. The molecular formula is C15H20N4O3. The molecule has 0 aliphatic heterocycles. The van der Waals surface area contributed by atoms with Gasteiger partial charge in [-0.3, -0.25) is 14.9 Å². The Bertz CT molecular complexity index is 536. The van der Waals surface area contributed by atoms with Gasteiger partial charge in [0.05, 0.1) is 17.7 Å². The number of nitro benzene ring substituents is 1. The van der Waals surface area contributed by atoms with E-state index in [-0.39, 0.29) is 18.1 Å². The van der Waals surface area contributed by atoms with Gasteiger partial charge in [0.15, 0.2) is 0 Å². The second-order valence-corrected chi connectivity index (χ2v) is 5.36. The molecule has 0 heterocycles. The van der Waals surface area contributed by atoms with E-state index in [0.717, 1.165) is 12.8 Å². The first-order valence-corrected chi connectivity index (χ1v) is 7.45. The molecule has 0 aromatic heterocycles. The number of amides is 1. The summed E-state index contributed by atoms with van der Waals surface area (Å²) in [6, 6.07) is 6.38. The minimum atomic E-state index is -0.459. The quantitative estimate of drug-likeness (QED) is 0.477. The van der Waals surface area contributed by atoms with E-state index < -0.39 is 4.92 Å². The highest BCUT2D eigenvalue weighted by Crippen LogP contribution is 2.16. The van der Waals surface area contributed by atoms with Crippen LogP contribution in [-0.4, -0.2) is 29.6 Å². The van der Waals surface area contributed by atoms with E-state index in [1.807, 2.05) is 0 Å². The van der Waals surface area contributed by atoms with Crippen molar-refractivity contribution in [2.45, 2.75) is 38.1 Å². The SMILES string of the molecule is O=C(CNC1CCCCC1)N/N=C\c1ccc([N+](=O)[O-])cc1. The first kappa shape index (κ1) is 16.1. The smallest absolute Gasteiger partial charge is 0.269 e. The molecule has 0 radical (unpaired) electrons. The van der Waals surface area contributed by atoms with E-state index in [2.05, 4.69) is 15.8 Å². The Morgan fingerprint density at radius 2 is 1.95 bits per heavy atom. The van der Waals surface area contributed by atoms with Crippen molar-refractivity contribution in [2.75, 3.05) is 6.54 Å². The third-order valence-electron chi connectivity index (χ3n) is 3.66. The van der Waals surface area contributed by atoms with Crippen molar-refractivity contribution in [2.24, 2.45) is 5.10 Å². The summed E-state index contributed by atoms with van der Waals surface area (Å²) in [6.45, 7) is 0.252. The minimum absolute atomic E-state index is 0.0258. The molecule has 2 rings (SSSR count). The van der Waals surface area contributed by atoms with Crippen LogP contribution in [0, 0.1) is 10.1 Å². The van der Waals surface area contributed by atoms with E-state index in [4.69, 9.17) is 0 Å². The summed E-state index contributed by atoms with van der Waals surface area (Å²) in [5, 5.41) is 17.6. The summed E-state index contributed by atoms with van der Waals surface area (Å²) in [6.07, 6.45) is 7.43. The maximum absolute atomic E-state index is 11.6. The van der Waals surface area contributed by atoms with Gasteiger partial charge in [-0.25, -0.2) is 5.43 Å². The monoisotopic (exact) mass is 304 g/mol. The van der Waals surface area contributed by atoms with Gasteiger partial charge in [-0.05, 0) is 30.5 Å². The lowest BCUT2D eigenvalue weighted by Gasteiger charge is -2.22. The number of hydrogen-bond donors (Lipinski definition) is 2. The van der Waals surface area contributed by atoms with Crippen molar-refractivity contribution in [1.29, 1.82) is 0 Å². The number of carbonyl (C=O) groups excluding carboxylic acids is 1. The summed E-state index contributed by atoms with van der Waals surface area (Å²) >= 11 is 0. The molecule has 22 heavy (non-hydrogen) atoms. The Balaban J connectivity index is 1.71. The second kappa shape index (κ2) is 8.23. The fourth-order valence-corrected chi connectivity index (χ4v) is 2.44. The zero-order valence-corrected chi connectivity index (χ0v) is 12.3. The maximum atomic E-state index is 11.6. The molecule has 2 N–H and O–H groups in total. The first-order chi connectivity index (χ1) is 10.6. The fourth-order valence-electron chi connectivity index (χ4n) is 2.44. The molecular weight excluding hydrogens is 284 g/mol. The summed E-state index contributed by atoms with van der Waals surface area (Å²) in [4.78, 5) is 21.7. The summed E-state index contributed by atoms with van der Waals surface area (Å²) < 4.78 is 0. The van der Waals surface area contributed by atoms with E-state index in [9.17, 15) is 14.9 Å². The number of carbonyl (C=O) groups is 1. The molecule has 0 saturated heterocycles. The molecule has 7 nitrogen and oxygen atoms in total. The highest BCUT2D eigenvalue weighted by atomic mass is 16.6. The van der Waals surface area contributed by atoms with Crippen LogP contribution in [-0.2, 0) is 4.79 Å². The Morgan fingerprint density at radius 3 is 2.59 bits per heavy atom. The van der Waals surface area contributed by atoms with Gasteiger partial charge in [0, 0.05) is 18.2 Å². The van der Waals surface area contributed by atoms with Crippen LogP contribution in [0.15, 0.2) is 29.4 Å². The zero-order valence-electron chi connectivity index (χ0n) is 12.3. The standard InChI is InChI=1S/C15H20N4O3/c20-15(11-16-13-4-2-1-3-5-13)18-17-10-12-6-8-14(9-7-12)19(21)22/h6-10,13,16H,1-5,11H2,(H,18,20)/b17-10-. The lowest BCUT2D eigenvalue weighted by atomic mass is 9.95. The van der Waals surface area contributed by atoms with Crippen LogP contribution >= 0.6 is 0 Å². The Hall–Kier alpha value is -2.28. The molecule has 1 aromatic rings. The van der Waals surface area contributed by atoms with Crippen LogP contribution in [0.4, 0.5) is 5.69 Å². The van der Waals surface area contributed by atoms with Crippen molar-refractivity contribution in [1.82, 2.24) is 10.7 Å². The number of hydrogen-bond acceptors (Lipinski definition) is 5. The topological polar surface area (TPSA) is 96.6 Å². The minimum Gasteiger partial charge on any atom is -0.306 e. The van der Waals surface area contributed by atoms with Crippen LogP contribution < -0.4 is 10.7 Å². The van der Waals surface area contributed by atoms with Gasteiger partial charge in [0.1, 0.15) is 0 Å². The van der Waals surface area contributed by atoms with Gasteiger partial charge < -0.3 is 5.32 Å². The number of rotatable bonds is 6. The van der Waals surface area contributed by atoms with Crippen LogP contribution in [0.2, 0.25) is 0 Å². The molecule has 118 valence electrons. The number of nitrogens with zero attached hydrogens (tertiary/aromatic N) is 2. The molecule has 7 heteroatoms. The van der Waals surface area contributed by atoms with Gasteiger partial charge in [-0.2, -0.15) is 5.10 Å². The predicted octanol–water partition coefficient (Wildman–Crippen LogP) is 1.97. The molecule has 0 unspecified atom stereocenters. The molecule has 1 aromatic carbocycles. The Morgan fingerprint density at radius 1 is 1.27 bits per heavy atom. The Labute approximate surface area is 128 Å². The first-order valence-electron chi connectivity index (χ1n) is 7.45. The van der Waals surface area contributed by atoms with Gasteiger partial charge >= 0.3 is 0 Å². The van der Waals surface area contributed by atoms with Crippen molar-refractivity contribution < 1.29 is 9.72 Å². The molecule has 1 amide bonds. The number of non-ortho nitro benzene ring substituents is 1. The van der Waals surface area contributed by atoms with Crippen molar-refractivity contribution in [3.05, 3.63) is 39.9 Å². The van der Waals surface area contributed by atoms with E-state index in [0.29, 0.717) is 11.6 Å². The summed E-state index contributed by atoms with van der Waals surface area (Å²) in [5.74, 6) is -0.191. The third kappa shape index (κ3) is 5.25. The van der Waals surface area contributed by atoms with Gasteiger partial charge in [0.25, 0.3) is 11.6 Å². The van der Waals surface area contributed by atoms with E-state index in [1.54, 1.807) is 12.1 Å². The average Bonchev–Trinajstić information content (AvgIpc) is 2.54. The largest absolute Gasteiger partial charge is 0.306 e. The van der Waals surface area contributed by atoms with E-state index >= 15 is 0 Å². The van der Waals surface area contributed by atoms with Crippen LogP contribution in [0.1, 0.15) is 37.7 Å². The lowest BCUT2D eigenvalue weighted by molar-refractivity contribution is -0.384. The van der Waals surface area contributed by atoms with Crippen molar-refractivity contribution in [3.8, 4) is 0 Å². The van der Waals surface area contributed by atoms with Gasteiger partial charge in [-0.1, -0.05) is 19.3 Å². The molecule has 1 aliphatic carbocycles. The molecule has 0 spiro atoms. The summed E-state index contributed by atoms with van der Waals surface area (Å²) in [5.41, 5.74) is 3.15. The number of hydrazone groups is 1. The highest BCUT2D eigenvalue weighted by molar-refractivity contribution is 5.83. The second-order valence-electron chi connectivity index (χ2n) is 5.36. The van der Waals surface area contributed by atoms with Crippen LogP contribution in [0.3, 0.4) is 0 Å². The highest BCUT2D eigenvalue weighted by Gasteiger charge is 2.13. The van der Waals surface area contributed by atoms with Crippen molar-refractivity contribution in [3.63, 3.8) is 0 Å². The molecule has 1 fully saturated rings. The Kier molecular flexibility index (Phi) is 6.02. The summed E-state index contributed by atoms with van der Waals surface area (Å²) in [7, 11) is 0. The average molecular weight is 304 g/mol.